The van der Waals surface area contributed by atoms with Crippen LogP contribution in [0.2, 0.25) is 0 Å². The molecule has 0 amide bonds. The maximum Gasteiger partial charge on any atom is 0.0637 e. The molecular formula is C27H46O2. The molecule has 0 aromatic carbocycles. The lowest BCUT2D eigenvalue weighted by Gasteiger charge is -2.44. The zero-order valence-corrected chi connectivity index (χ0v) is 19.8. The van der Waals surface area contributed by atoms with Crippen LogP contribution in [0.4, 0.5) is 0 Å². The minimum atomic E-state index is 0.248. The highest BCUT2D eigenvalue weighted by atomic mass is 16.5. The third kappa shape index (κ3) is 4.85. The van der Waals surface area contributed by atoms with Crippen LogP contribution in [0.1, 0.15) is 91.9 Å². The highest BCUT2D eigenvalue weighted by Gasteiger charge is 2.50. The molecule has 7 atom stereocenters. The number of ether oxygens (including phenoxy) is 1. The Morgan fingerprint density at radius 2 is 2.03 bits per heavy atom. The highest BCUT2D eigenvalue weighted by molar-refractivity contribution is 5.26. The molecule has 166 valence electrons. The summed E-state index contributed by atoms with van der Waals surface area (Å²) < 4.78 is 5.74. The fraction of sp³-hybridized carbons (Fsp3) is 0.852. The molecule has 0 saturated heterocycles. The molecule has 3 fully saturated rings. The van der Waals surface area contributed by atoms with Crippen molar-refractivity contribution < 1.29 is 9.84 Å². The molecule has 3 aliphatic carbocycles. The Labute approximate surface area is 180 Å². The molecule has 0 heterocycles. The van der Waals surface area contributed by atoms with Crippen molar-refractivity contribution in [3.8, 4) is 0 Å². The highest BCUT2D eigenvalue weighted by Crippen LogP contribution is 2.59. The van der Waals surface area contributed by atoms with Gasteiger partial charge in [-0.05, 0) is 80.0 Å². The first-order valence-corrected chi connectivity index (χ1v) is 12.5. The van der Waals surface area contributed by atoms with Crippen LogP contribution in [-0.4, -0.2) is 24.9 Å². The second-order valence-corrected chi connectivity index (χ2v) is 10.8. The van der Waals surface area contributed by atoms with E-state index in [1.807, 2.05) is 7.11 Å². The third-order valence-electron chi connectivity index (χ3n) is 9.13. The van der Waals surface area contributed by atoms with Gasteiger partial charge in [0.15, 0.2) is 0 Å². The number of fused-ring (bicyclic) bond motifs is 1. The molecule has 0 spiro atoms. The molecule has 3 rings (SSSR count). The molecule has 3 aliphatic rings. The molecule has 2 nitrogen and oxygen atoms in total. The molecular weight excluding hydrogens is 356 g/mol. The Hall–Kier alpha value is -0.600. The summed E-state index contributed by atoms with van der Waals surface area (Å²) in [6.45, 7) is 9.96. The van der Waals surface area contributed by atoms with Crippen LogP contribution < -0.4 is 0 Å². The van der Waals surface area contributed by atoms with Crippen LogP contribution in [0.5, 0.6) is 0 Å². The van der Waals surface area contributed by atoms with E-state index in [2.05, 4.69) is 39.8 Å². The molecule has 29 heavy (non-hydrogen) atoms. The van der Waals surface area contributed by atoms with Gasteiger partial charge in [0, 0.05) is 13.7 Å². The minimum Gasteiger partial charge on any atom is -0.396 e. The van der Waals surface area contributed by atoms with Gasteiger partial charge in [0.2, 0.25) is 0 Å². The summed E-state index contributed by atoms with van der Waals surface area (Å²) in [5.41, 5.74) is 3.70. The lowest BCUT2D eigenvalue weighted by molar-refractivity contribution is 0.00500. The summed E-state index contributed by atoms with van der Waals surface area (Å²) in [6.07, 6.45) is 18.2. The van der Waals surface area contributed by atoms with Gasteiger partial charge in [0.1, 0.15) is 0 Å². The Morgan fingerprint density at radius 3 is 2.72 bits per heavy atom. The predicted molar refractivity (Wildman–Crippen MR) is 123 cm³/mol. The van der Waals surface area contributed by atoms with E-state index >= 15 is 0 Å². The second kappa shape index (κ2) is 10.1. The number of rotatable bonds is 7. The van der Waals surface area contributed by atoms with E-state index in [4.69, 9.17) is 4.74 Å². The minimum absolute atomic E-state index is 0.248. The maximum absolute atomic E-state index is 9.81. The first-order chi connectivity index (χ1) is 13.9. The number of hydrogen-bond acceptors (Lipinski definition) is 2. The summed E-state index contributed by atoms with van der Waals surface area (Å²) in [5, 5.41) is 9.81. The van der Waals surface area contributed by atoms with Crippen molar-refractivity contribution in [1.82, 2.24) is 0 Å². The molecule has 0 radical (unpaired) electrons. The Morgan fingerprint density at radius 1 is 1.24 bits per heavy atom. The van der Waals surface area contributed by atoms with Crippen molar-refractivity contribution in [2.24, 2.45) is 35.0 Å². The summed E-state index contributed by atoms with van der Waals surface area (Å²) >= 11 is 0. The lowest BCUT2D eigenvalue weighted by atomic mass is 9.60. The van der Waals surface area contributed by atoms with E-state index in [0.717, 1.165) is 30.6 Å². The number of hydrogen-bond donors (Lipinski definition) is 1. The first-order valence-electron chi connectivity index (χ1n) is 12.5. The molecule has 1 N–H and O–H groups in total. The Balaban J connectivity index is 1.74. The van der Waals surface area contributed by atoms with Gasteiger partial charge in [-0.15, -0.1) is 0 Å². The van der Waals surface area contributed by atoms with Crippen LogP contribution in [0.3, 0.4) is 0 Å². The summed E-state index contributed by atoms with van der Waals surface area (Å²) in [6, 6.07) is 0. The zero-order chi connectivity index (χ0) is 21.0. The molecule has 0 aromatic rings. The van der Waals surface area contributed by atoms with E-state index in [1.54, 1.807) is 5.57 Å². The second-order valence-electron chi connectivity index (χ2n) is 10.8. The number of unbranched alkanes of at least 4 members (excludes halogenated alkanes) is 1. The largest absolute Gasteiger partial charge is 0.396 e. The molecule has 0 aromatic heterocycles. The topological polar surface area (TPSA) is 29.5 Å². The SMILES string of the molecule is CCCC[C@H](C)C1CCC2/C(=C/C=C3/C[C@@H](CO)[C@H](C)[C@H](OC)C3)CCC[C@@]21C. The average Bonchev–Trinajstić information content (AvgIpc) is 3.08. The zero-order valence-electron chi connectivity index (χ0n) is 19.8. The fourth-order valence-electron chi connectivity index (χ4n) is 7.19. The van der Waals surface area contributed by atoms with Gasteiger partial charge in [-0.3, -0.25) is 0 Å². The van der Waals surface area contributed by atoms with Gasteiger partial charge < -0.3 is 9.84 Å². The van der Waals surface area contributed by atoms with Crippen LogP contribution in [0.25, 0.3) is 0 Å². The van der Waals surface area contributed by atoms with Crippen molar-refractivity contribution >= 4 is 0 Å². The number of allylic oxidation sites excluding steroid dienone is 3. The van der Waals surface area contributed by atoms with Crippen LogP contribution in [-0.2, 0) is 4.74 Å². The van der Waals surface area contributed by atoms with Crippen LogP contribution in [0.15, 0.2) is 23.3 Å². The van der Waals surface area contributed by atoms with Gasteiger partial charge in [0.05, 0.1) is 6.10 Å². The molecule has 3 saturated carbocycles. The molecule has 2 unspecified atom stereocenters. The number of methoxy groups -OCH3 is 1. The molecule has 2 heteroatoms. The monoisotopic (exact) mass is 402 g/mol. The van der Waals surface area contributed by atoms with Crippen molar-refractivity contribution in [2.75, 3.05) is 13.7 Å². The average molecular weight is 403 g/mol. The summed E-state index contributed by atoms with van der Waals surface area (Å²) in [4.78, 5) is 0. The van der Waals surface area contributed by atoms with Gasteiger partial charge in [-0.2, -0.15) is 0 Å². The number of aliphatic hydroxyl groups is 1. The van der Waals surface area contributed by atoms with Crippen LogP contribution >= 0.6 is 0 Å². The number of aliphatic hydroxyl groups excluding tert-OH is 1. The van der Waals surface area contributed by atoms with E-state index in [-0.39, 0.29) is 12.7 Å². The van der Waals surface area contributed by atoms with Crippen molar-refractivity contribution in [3.63, 3.8) is 0 Å². The maximum atomic E-state index is 9.81. The smallest absolute Gasteiger partial charge is 0.0637 e. The van der Waals surface area contributed by atoms with Gasteiger partial charge >= 0.3 is 0 Å². The van der Waals surface area contributed by atoms with Crippen molar-refractivity contribution in [1.29, 1.82) is 0 Å². The van der Waals surface area contributed by atoms with Crippen LogP contribution in [0, 0.1) is 35.0 Å². The quantitative estimate of drug-likeness (QED) is 0.500. The summed E-state index contributed by atoms with van der Waals surface area (Å²) in [7, 11) is 1.82. The van der Waals surface area contributed by atoms with E-state index in [1.165, 1.54) is 56.9 Å². The normalized spacial score (nSPS) is 41.7. The Kier molecular flexibility index (Phi) is 8.07. The van der Waals surface area contributed by atoms with E-state index < -0.39 is 0 Å². The fourth-order valence-corrected chi connectivity index (χ4v) is 7.19. The standard InChI is InChI=1S/C27H46O2/c1-6-7-9-19(2)24-13-14-25-22(10-8-15-27(24,25)4)12-11-21-16-23(18-28)20(3)26(17-21)29-5/h11-12,19-20,23-26,28H,6-10,13-18H2,1-5H3/b21-11-,22-12+/t19-,20-,23-,24?,25?,26+,27+/m0/s1. The van der Waals surface area contributed by atoms with E-state index in [0.29, 0.717) is 17.3 Å². The van der Waals surface area contributed by atoms with Gasteiger partial charge in [-0.25, -0.2) is 0 Å². The van der Waals surface area contributed by atoms with Crippen molar-refractivity contribution in [2.45, 2.75) is 98.0 Å². The third-order valence-corrected chi connectivity index (χ3v) is 9.13. The van der Waals surface area contributed by atoms with Gasteiger partial charge in [-0.1, -0.05) is 70.3 Å². The lowest BCUT2D eigenvalue weighted by Crippen LogP contribution is -2.36. The molecule has 0 aliphatic heterocycles. The van der Waals surface area contributed by atoms with E-state index in [9.17, 15) is 5.11 Å². The predicted octanol–water partition coefficient (Wildman–Crippen LogP) is 6.94. The first kappa shape index (κ1) is 23.1. The Bertz CT molecular complexity index is 575. The van der Waals surface area contributed by atoms with Crippen molar-refractivity contribution in [3.05, 3.63) is 23.3 Å². The molecule has 0 bridgehead atoms. The summed E-state index contributed by atoms with van der Waals surface area (Å²) in [5.74, 6) is 3.34. The van der Waals surface area contributed by atoms with Gasteiger partial charge in [0.25, 0.3) is 0 Å².